The van der Waals surface area contributed by atoms with Crippen molar-refractivity contribution in [2.45, 2.75) is 55.9 Å². The largest absolute Gasteiger partial charge is 0.343 e. The third-order valence-corrected chi connectivity index (χ3v) is 6.72. The number of Topliss-reactive ketones (excluding diaryl/α,β-unsaturated/α-hetero) is 1. The average molecular weight is 426 g/mol. The molecule has 0 saturated carbocycles. The van der Waals surface area contributed by atoms with Gasteiger partial charge in [0.2, 0.25) is 0 Å². The number of nitro groups is 1. The van der Waals surface area contributed by atoms with Crippen LogP contribution in [0.5, 0.6) is 0 Å². The standard InChI is InChI=1S/C21H22N4O4S/c1-3-11(2)30-21-23-19-18(20(27)24-21)16(12-7-4-5-9-14(12)25(28)29)17-13(22-19)8-6-10-15(17)26/h4-5,7,9,11,16H,3,6,8,10H2,1-2H3,(H2,22,23,24,27). The number of aromatic amines is 1. The van der Waals surface area contributed by atoms with Gasteiger partial charge in [0.05, 0.1) is 16.4 Å². The number of H-pyrrole nitrogens is 1. The number of nitro benzene ring substituents is 1. The van der Waals surface area contributed by atoms with E-state index in [0.717, 1.165) is 6.42 Å². The Kier molecular flexibility index (Phi) is 5.46. The number of carbonyl (C=O) groups is 1. The lowest BCUT2D eigenvalue weighted by Crippen LogP contribution is -2.33. The van der Waals surface area contributed by atoms with Crippen LogP contribution in [0, 0.1) is 10.1 Å². The highest BCUT2D eigenvalue weighted by molar-refractivity contribution is 7.99. The molecular formula is C21H22N4O4S. The van der Waals surface area contributed by atoms with E-state index in [4.69, 9.17) is 0 Å². The number of fused-ring (bicyclic) bond motifs is 1. The molecule has 1 aliphatic carbocycles. The molecule has 2 heterocycles. The van der Waals surface area contributed by atoms with Gasteiger partial charge in [-0.15, -0.1) is 0 Å². The molecule has 0 fully saturated rings. The molecule has 1 aromatic carbocycles. The van der Waals surface area contributed by atoms with Crippen LogP contribution in [-0.4, -0.2) is 25.9 Å². The maximum absolute atomic E-state index is 13.1. The number of benzene rings is 1. The quantitative estimate of drug-likeness (QED) is 0.319. The summed E-state index contributed by atoms with van der Waals surface area (Å²) < 4.78 is 0. The van der Waals surface area contributed by atoms with Gasteiger partial charge in [0.15, 0.2) is 10.9 Å². The van der Waals surface area contributed by atoms with Gasteiger partial charge in [0, 0.05) is 34.6 Å². The number of para-hydroxylation sites is 1. The van der Waals surface area contributed by atoms with Gasteiger partial charge >= 0.3 is 0 Å². The molecule has 1 aliphatic heterocycles. The first-order chi connectivity index (χ1) is 14.4. The molecule has 0 amide bonds. The summed E-state index contributed by atoms with van der Waals surface area (Å²) in [7, 11) is 0. The molecule has 4 rings (SSSR count). The third-order valence-electron chi connectivity index (χ3n) is 5.57. The van der Waals surface area contributed by atoms with E-state index in [0.29, 0.717) is 47.1 Å². The van der Waals surface area contributed by atoms with Crippen molar-refractivity contribution in [3.8, 4) is 0 Å². The number of carbonyl (C=O) groups excluding carboxylic acids is 1. The number of aromatic nitrogens is 2. The Bertz CT molecular complexity index is 1120. The summed E-state index contributed by atoms with van der Waals surface area (Å²) >= 11 is 1.47. The zero-order valence-corrected chi connectivity index (χ0v) is 17.5. The second-order valence-electron chi connectivity index (χ2n) is 7.51. The second kappa shape index (κ2) is 8.06. The third kappa shape index (κ3) is 3.54. The monoisotopic (exact) mass is 426 g/mol. The Balaban J connectivity index is 1.95. The van der Waals surface area contributed by atoms with Crippen LogP contribution in [0.25, 0.3) is 0 Å². The number of thioether (sulfide) groups is 1. The van der Waals surface area contributed by atoms with Crippen molar-refractivity contribution in [1.82, 2.24) is 9.97 Å². The number of allylic oxidation sites excluding steroid dienone is 2. The van der Waals surface area contributed by atoms with E-state index in [1.165, 1.54) is 17.8 Å². The van der Waals surface area contributed by atoms with Crippen molar-refractivity contribution >= 4 is 29.1 Å². The summed E-state index contributed by atoms with van der Waals surface area (Å²) in [6, 6.07) is 6.29. The first-order valence-corrected chi connectivity index (χ1v) is 10.9. The van der Waals surface area contributed by atoms with Crippen LogP contribution >= 0.6 is 11.8 Å². The second-order valence-corrected chi connectivity index (χ2v) is 8.94. The molecule has 8 nitrogen and oxygen atoms in total. The predicted molar refractivity (Wildman–Crippen MR) is 115 cm³/mol. The van der Waals surface area contributed by atoms with Crippen LogP contribution in [0.4, 0.5) is 11.5 Å². The summed E-state index contributed by atoms with van der Waals surface area (Å²) in [4.78, 5) is 44.7. The number of anilines is 1. The first-order valence-electron chi connectivity index (χ1n) is 9.98. The van der Waals surface area contributed by atoms with Gasteiger partial charge in [0.1, 0.15) is 5.82 Å². The predicted octanol–water partition coefficient (Wildman–Crippen LogP) is 4.13. The van der Waals surface area contributed by atoms with Crippen LogP contribution in [0.1, 0.15) is 56.6 Å². The normalized spacial score (nSPS) is 19.0. The maximum Gasteiger partial charge on any atom is 0.273 e. The number of nitrogens with zero attached hydrogens (tertiary/aromatic N) is 2. The van der Waals surface area contributed by atoms with E-state index in [1.54, 1.807) is 18.2 Å². The van der Waals surface area contributed by atoms with Crippen molar-refractivity contribution in [2.75, 3.05) is 5.32 Å². The van der Waals surface area contributed by atoms with Crippen molar-refractivity contribution in [3.63, 3.8) is 0 Å². The Morgan fingerprint density at radius 3 is 2.80 bits per heavy atom. The van der Waals surface area contributed by atoms with Gasteiger partial charge in [0.25, 0.3) is 11.2 Å². The molecular weight excluding hydrogens is 404 g/mol. The van der Waals surface area contributed by atoms with Crippen molar-refractivity contribution < 1.29 is 9.72 Å². The van der Waals surface area contributed by atoms with Gasteiger partial charge in [-0.3, -0.25) is 19.7 Å². The zero-order chi connectivity index (χ0) is 21.4. The molecule has 0 spiro atoms. The van der Waals surface area contributed by atoms with Crippen LogP contribution in [0.3, 0.4) is 0 Å². The fourth-order valence-corrected chi connectivity index (χ4v) is 4.82. The molecule has 1 aromatic heterocycles. The van der Waals surface area contributed by atoms with Gasteiger partial charge in [-0.1, -0.05) is 43.8 Å². The summed E-state index contributed by atoms with van der Waals surface area (Å²) in [5, 5.41) is 15.7. The van der Waals surface area contributed by atoms with Crippen LogP contribution in [0.15, 0.2) is 45.5 Å². The van der Waals surface area contributed by atoms with E-state index in [9.17, 15) is 19.7 Å². The molecule has 2 atom stereocenters. The Morgan fingerprint density at radius 2 is 2.07 bits per heavy atom. The van der Waals surface area contributed by atoms with Crippen LogP contribution < -0.4 is 10.9 Å². The first kappa shape index (κ1) is 20.3. The van der Waals surface area contributed by atoms with E-state index in [1.807, 2.05) is 6.92 Å². The minimum absolute atomic E-state index is 0.0880. The fraction of sp³-hybridized carbons (Fsp3) is 0.381. The van der Waals surface area contributed by atoms with Gasteiger partial charge in [-0.25, -0.2) is 4.98 Å². The number of hydrogen-bond acceptors (Lipinski definition) is 7. The maximum atomic E-state index is 13.1. The van der Waals surface area contributed by atoms with Crippen molar-refractivity contribution in [1.29, 1.82) is 0 Å². The van der Waals surface area contributed by atoms with Crippen molar-refractivity contribution in [3.05, 3.63) is 67.1 Å². The Morgan fingerprint density at radius 1 is 1.30 bits per heavy atom. The summed E-state index contributed by atoms with van der Waals surface area (Å²) in [5.74, 6) is -0.527. The number of ketones is 1. The summed E-state index contributed by atoms with van der Waals surface area (Å²) in [6.45, 7) is 4.11. The van der Waals surface area contributed by atoms with E-state index < -0.39 is 10.8 Å². The molecule has 0 radical (unpaired) electrons. The molecule has 0 saturated heterocycles. The molecule has 2 unspecified atom stereocenters. The molecule has 2 N–H and O–H groups in total. The molecule has 2 aromatic rings. The molecule has 30 heavy (non-hydrogen) atoms. The topological polar surface area (TPSA) is 118 Å². The van der Waals surface area contributed by atoms with Crippen LogP contribution in [-0.2, 0) is 4.79 Å². The zero-order valence-electron chi connectivity index (χ0n) is 16.7. The Labute approximate surface area is 177 Å². The van der Waals surface area contributed by atoms with Crippen LogP contribution in [0.2, 0.25) is 0 Å². The minimum atomic E-state index is -0.815. The highest BCUT2D eigenvalue weighted by atomic mass is 32.2. The summed E-state index contributed by atoms with van der Waals surface area (Å²) in [5.41, 5.74) is 1.25. The molecule has 2 aliphatic rings. The molecule has 156 valence electrons. The number of rotatable bonds is 5. The smallest absolute Gasteiger partial charge is 0.273 e. The lowest BCUT2D eigenvalue weighted by molar-refractivity contribution is -0.385. The highest BCUT2D eigenvalue weighted by Crippen LogP contribution is 2.45. The van der Waals surface area contributed by atoms with E-state index in [2.05, 4.69) is 22.2 Å². The molecule has 0 bridgehead atoms. The fourth-order valence-electron chi connectivity index (χ4n) is 3.98. The van der Waals surface area contributed by atoms with Crippen molar-refractivity contribution in [2.24, 2.45) is 0 Å². The van der Waals surface area contributed by atoms with Gasteiger partial charge in [-0.05, 0) is 19.3 Å². The Hall–Kier alpha value is -2.94. The van der Waals surface area contributed by atoms with Gasteiger partial charge < -0.3 is 10.3 Å². The van der Waals surface area contributed by atoms with E-state index >= 15 is 0 Å². The SMILES string of the molecule is CCC(C)Sc1nc2c(c(=O)[nH]1)C(c1ccccc1[N+](=O)[O-])C1=C(CCCC1=O)N2. The molecule has 9 heteroatoms. The highest BCUT2D eigenvalue weighted by Gasteiger charge is 2.40. The summed E-state index contributed by atoms with van der Waals surface area (Å²) in [6.07, 6.45) is 2.61. The average Bonchev–Trinajstić information content (AvgIpc) is 2.72. The van der Waals surface area contributed by atoms with E-state index in [-0.39, 0.29) is 27.8 Å². The lowest BCUT2D eigenvalue weighted by atomic mass is 9.76. The number of nitrogens with one attached hydrogen (secondary N) is 2. The lowest BCUT2D eigenvalue weighted by Gasteiger charge is -2.32. The van der Waals surface area contributed by atoms with Gasteiger partial charge in [-0.2, -0.15) is 0 Å². The minimum Gasteiger partial charge on any atom is -0.343 e. The number of hydrogen-bond donors (Lipinski definition) is 2.